The number of unbranched alkanes of at least 4 members (excludes halogenated alkanes) is 8. The molecular formula is C19H38O2. The quantitative estimate of drug-likeness (QED) is 0.263. The fourth-order valence-electron chi connectivity index (χ4n) is 2.93. The molecule has 21 heavy (non-hydrogen) atoms. The van der Waals surface area contributed by atoms with Crippen molar-refractivity contribution in [2.24, 2.45) is 5.92 Å². The van der Waals surface area contributed by atoms with E-state index in [1.165, 1.54) is 84.2 Å². The smallest absolute Gasteiger partial charge is 0.305 e. The van der Waals surface area contributed by atoms with Crippen molar-refractivity contribution in [1.82, 2.24) is 0 Å². The fourth-order valence-corrected chi connectivity index (χ4v) is 2.93. The third-order valence-corrected chi connectivity index (χ3v) is 4.42. The van der Waals surface area contributed by atoms with E-state index in [1.807, 2.05) is 0 Å². The molecule has 0 aliphatic carbocycles. The molecule has 0 aromatic rings. The van der Waals surface area contributed by atoms with E-state index in [0.29, 0.717) is 6.42 Å². The Morgan fingerprint density at radius 3 is 1.67 bits per heavy atom. The minimum absolute atomic E-state index is 0.0445. The number of carbonyl (C=O) groups excluding carboxylic acids is 1. The highest BCUT2D eigenvalue weighted by Gasteiger charge is 2.11. The zero-order valence-corrected chi connectivity index (χ0v) is 14.8. The van der Waals surface area contributed by atoms with Crippen LogP contribution in [0.2, 0.25) is 0 Å². The maximum absolute atomic E-state index is 11.3. The third kappa shape index (κ3) is 14.2. The molecule has 0 N–H and O–H groups in total. The van der Waals surface area contributed by atoms with Crippen molar-refractivity contribution in [3.05, 3.63) is 0 Å². The van der Waals surface area contributed by atoms with E-state index in [9.17, 15) is 4.79 Å². The van der Waals surface area contributed by atoms with E-state index in [1.54, 1.807) is 0 Å². The van der Waals surface area contributed by atoms with Crippen molar-refractivity contribution in [3.63, 3.8) is 0 Å². The van der Waals surface area contributed by atoms with E-state index >= 15 is 0 Å². The van der Waals surface area contributed by atoms with Crippen LogP contribution in [-0.2, 0) is 9.53 Å². The Kier molecular flexibility index (Phi) is 15.5. The van der Waals surface area contributed by atoms with E-state index in [2.05, 4.69) is 13.8 Å². The minimum atomic E-state index is -0.0445. The minimum Gasteiger partial charge on any atom is -0.469 e. The fraction of sp³-hybridized carbons (Fsp3) is 0.947. The van der Waals surface area contributed by atoms with Gasteiger partial charge in [-0.2, -0.15) is 0 Å². The molecule has 2 nitrogen and oxygen atoms in total. The van der Waals surface area contributed by atoms with Gasteiger partial charge in [0.2, 0.25) is 0 Å². The van der Waals surface area contributed by atoms with Gasteiger partial charge in [0.05, 0.1) is 7.11 Å². The highest BCUT2D eigenvalue weighted by Crippen LogP contribution is 2.23. The number of methoxy groups -OCH3 is 1. The molecule has 2 heteroatoms. The van der Waals surface area contributed by atoms with Crippen molar-refractivity contribution in [1.29, 1.82) is 0 Å². The summed E-state index contributed by atoms with van der Waals surface area (Å²) in [7, 11) is 1.49. The predicted octanol–water partition coefficient (Wildman–Crippen LogP) is 6.28. The summed E-state index contributed by atoms with van der Waals surface area (Å²) in [6.07, 6.45) is 17.7. The van der Waals surface area contributed by atoms with E-state index in [0.717, 1.165) is 12.3 Å². The van der Waals surface area contributed by atoms with Crippen LogP contribution in [0.15, 0.2) is 0 Å². The number of hydrogen-bond donors (Lipinski definition) is 0. The van der Waals surface area contributed by atoms with Gasteiger partial charge in [0, 0.05) is 6.42 Å². The van der Waals surface area contributed by atoms with Gasteiger partial charge in [0.1, 0.15) is 0 Å². The van der Waals surface area contributed by atoms with Crippen LogP contribution in [0, 0.1) is 5.92 Å². The molecule has 0 atom stereocenters. The Morgan fingerprint density at radius 2 is 1.24 bits per heavy atom. The number of esters is 1. The standard InChI is InChI=1S/C19H38O2/c1-4-6-8-10-12-14-18(16-17-19(20)21-3)15-13-11-9-7-5-2/h18H,4-17H2,1-3H3. The van der Waals surface area contributed by atoms with Gasteiger partial charge in [-0.05, 0) is 12.3 Å². The second kappa shape index (κ2) is 15.9. The lowest BCUT2D eigenvalue weighted by molar-refractivity contribution is -0.141. The van der Waals surface area contributed by atoms with Gasteiger partial charge < -0.3 is 4.74 Å². The predicted molar refractivity (Wildman–Crippen MR) is 91.5 cm³/mol. The van der Waals surface area contributed by atoms with Crippen LogP contribution in [0.1, 0.15) is 104 Å². The topological polar surface area (TPSA) is 26.3 Å². The van der Waals surface area contributed by atoms with Gasteiger partial charge in [-0.25, -0.2) is 0 Å². The largest absolute Gasteiger partial charge is 0.469 e. The van der Waals surface area contributed by atoms with Gasteiger partial charge in [-0.3, -0.25) is 4.79 Å². The van der Waals surface area contributed by atoms with Crippen LogP contribution in [0.3, 0.4) is 0 Å². The molecule has 0 saturated carbocycles. The molecule has 0 aliphatic heterocycles. The molecule has 0 saturated heterocycles. The van der Waals surface area contributed by atoms with Gasteiger partial charge in [0.15, 0.2) is 0 Å². The zero-order chi connectivity index (χ0) is 15.8. The number of hydrogen-bond acceptors (Lipinski definition) is 2. The first-order valence-electron chi connectivity index (χ1n) is 9.31. The van der Waals surface area contributed by atoms with Crippen LogP contribution in [0.4, 0.5) is 0 Å². The molecule has 0 unspecified atom stereocenters. The third-order valence-electron chi connectivity index (χ3n) is 4.42. The number of rotatable bonds is 15. The molecule has 0 fully saturated rings. The molecule has 0 amide bonds. The zero-order valence-electron chi connectivity index (χ0n) is 14.8. The molecule has 0 aromatic heterocycles. The molecule has 0 rings (SSSR count). The SMILES string of the molecule is CCCCCCCC(CCCCCCC)CCC(=O)OC. The lowest BCUT2D eigenvalue weighted by Crippen LogP contribution is -2.07. The maximum Gasteiger partial charge on any atom is 0.305 e. The second-order valence-corrected chi connectivity index (χ2v) is 6.39. The van der Waals surface area contributed by atoms with Gasteiger partial charge >= 0.3 is 5.97 Å². The van der Waals surface area contributed by atoms with Crippen molar-refractivity contribution in [2.75, 3.05) is 7.11 Å². The summed E-state index contributed by atoms with van der Waals surface area (Å²) in [5.41, 5.74) is 0. The van der Waals surface area contributed by atoms with Crippen LogP contribution in [0.5, 0.6) is 0 Å². The first kappa shape index (κ1) is 20.5. The first-order valence-corrected chi connectivity index (χ1v) is 9.31. The van der Waals surface area contributed by atoms with E-state index in [4.69, 9.17) is 4.74 Å². The Labute approximate surface area is 133 Å². The summed E-state index contributed by atoms with van der Waals surface area (Å²) >= 11 is 0. The van der Waals surface area contributed by atoms with Crippen molar-refractivity contribution < 1.29 is 9.53 Å². The van der Waals surface area contributed by atoms with Crippen LogP contribution >= 0.6 is 0 Å². The van der Waals surface area contributed by atoms with Gasteiger partial charge in [-0.15, -0.1) is 0 Å². The molecule has 126 valence electrons. The second-order valence-electron chi connectivity index (χ2n) is 6.39. The highest BCUT2D eigenvalue weighted by atomic mass is 16.5. The number of ether oxygens (including phenoxy) is 1. The molecule has 0 bridgehead atoms. The van der Waals surface area contributed by atoms with E-state index in [-0.39, 0.29) is 5.97 Å². The Hall–Kier alpha value is -0.530. The summed E-state index contributed by atoms with van der Waals surface area (Å²) in [4.78, 5) is 11.3. The van der Waals surface area contributed by atoms with Crippen LogP contribution < -0.4 is 0 Å². The average molecular weight is 299 g/mol. The Balaban J connectivity index is 3.82. The summed E-state index contributed by atoms with van der Waals surface area (Å²) in [6, 6.07) is 0. The summed E-state index contributed by atoms with van der Waals surface area (Å²) in [5.74, 6) is 0.685. The molecule has 0 aliphatic rings. The molecule has 0 heterocycles. The monoisotopic (exact) mass is 298 g/mol. The Morgan fingerprint density at radius 1 is 0.762 bits per heavy atom. The first-order chi connectivity index (χ1) is 10.2. The Bertz CT molecular complexity index is 212. The summed E-state index contributed by atoms with van der Waals surface area (Å²) in [5, 5.41) is 0. The molecular weight excluding hydrogens is 260 g/mol. The summed E-state index contributed by atoms with van der Waals surface area (Å²) in [6.45, 7) is 4.52. The molecule has 0 aromatic carbocycles. The molecule has 0 radical (unpaired) electrons. The lowest BCUT2D eigenvalue weighted by Gasteiger charge is -2.16. The maximum atomic E-state index is 11.3. The highest BCUT2D eigenvalue weighted by molar-refractivity contribution is 5.69. The summed E-state index contributed by atoms with van der Waals surface area (Å²) < 4.78 is 4.78. The van der Waals surface area contributed by atoms with Gasteiger partial charge in [-0.1, -0.05) is 90.9 Å². The van der Waals surface area contributed by atoms with Gasteiger partial charge in [0.25, 0.3) is 0 Å². The number of carbonyl (C=O) groups is 1. The van der Waals surface area contributed by atoms with Crippen molar-refractivity contribution >= 4 is 5.97 Å². The average Bonchev–Trinajstić information content (AvgIpc) is 2.50. The van der Waals surface area contributed by atoms with Crippen molar-refractivity contribution in [2.45, 2.75) is 104 Å². The van der Waals surface area contributed by atoms with Crippen molar-refractivity contribution in [3.8, 4) is 0 Å². The van der Waals surface area contributed by atoms with E-state index < -0.39 is 0 Å². The van der Waals surface area contributed by atoms with Crippen LogP contribution in [-0.4, -0.2) is 13.1 Å². The van der Waals surface area contributed by atoms with Crippen LogP contribution in [0.25, 0.3) is 0 Å². The molecule has 0 spiro atoms. The normalized spacial score (nSPS) is 11.0. The lowest BCUT2D eigenvalue weighted by atomic mass is 9.90.